The van der Waals surface area contributed by atoms with Crippen molar-refractivity contribution in [3.63, 3.8) is 0 Å². The fraction of sp³-hybridized carbons (Fsp3) is 0.189. The number of hydrogen-bond donors (Lipinski definition) is 4. The van der Waals surface area contributed by atoms with Crippen LogP contribution in [0.4, 0.5) is 0 Å². The number of aliphatic hydroxyl groups excluding tert-OH is 1. The molecule has 0 atom stereocenters. The highest BCUT2D eigenvalue weighted by Crippen LogP contribution is 2.32. The fourth-order valence-electron chi connectivity index (χ4n) is 9.28. The van der Waals surface area contributed by atoms with E-state index in [0.29, 0.717) is 55.0 Å². The first-order valence-electron chi connectivity index (χ1n) is 22.5. The zero-order valence-electron chi connectivity index (χ0n) is 37.6. The number of nitrogens with one attached hydrogen (secondary N) is 3. The number of aromatic nitrogens is 6. The van der Waals surface area contributed by atoms with E-state index < -0.39 is 0 Å². The number of para-hydroxylation sites is 3. The summed E-state index contributed by atoms with van der Waals surface area (Å²) in [6.07, 6.45) is 0.824. The first-order chi connectivity index (χ1) is 33.2. The summed E-state index contributed by atoms with van der Waals surface area (Å²) in [4.78, 5) is 63.9. The summed E-state index contributed by atoms with van der Waals surface area (Å²) in [7, 11) is 4.13. The zero-order valence-corrected chi connectivity index (χ0v) is 37.6. The zero-order chi connectivity index (χ0) is 46.9. The van der Waals surface area contributed by atoms with Gasteiger partial charge in [-0.2, -0.15) is 0 Å². The Labute approximate surface area is 391 Å². The molecule has 3 amide bonds. The van der Waals surface area contributed by atoms with Crippen LogP contribution in [0.1, 0.15) is 52.6 Å². The number of carbonyl (C=O) groups excluding carboxylic acids is 4. The van der Waals surface area contributed by atoms with Crippen molar-refractivity contribution in [2.75, 3.05) is 33.7 Å². The lowest BCUT2D eigenvalue weighted by atomic mass is 10.1. The van der Waals surface area contributed by atoms with Gasteiger partial charge in [-0.15, -0.1) is 0 Å². The van der Waals surface area contributed by atoms with Crippen molar-refractivity contribution in [1.29, 1.82) is 0 Å². The minimum Gasteiger partial charge on any atom is -0.392 e. The number of hydrogen-bond acceptors (Lipinski definition) is 9. The van der Waals surface area contributed by atoms with Crippen molar-refractivity contribution in [1.82, 2.24) is 49.5 Å². The smallest absolute Gasteiger partial charge is 0.253 e. The standard InChI is InChI=1S/C19H20N4O.C17H15N3O2.C17H13N3O2/c1-22(2)12-13-5-3-6-14(11-13)18-21-16-8-4-7-15-17(16)23(18)10-9-20-19(15)24;2*21-10-11-3-1-4-12(9-11)16-19-14-6-2-5-13-15(14)20(16)8-7-18-17(13)22/h3-8,11H,9-10,12H2,1-2H3,(H,20,24);1-6,9,21H,7-8,10H2,(H,18,22);1-6,9-10H,7-8H2,(H,18,22). The lowest BCUT2D eigenvalue weighted by Crippen LogP contribution is -2.24. The minimum atomic E-state index is -0.0718. The molecule has 15 heteroatoms. The normalized spacial score (nSPS) is 13.9. The summed E-state index contributed by atoms with van der Waals surface area (Å²) in [5, 5.41) is 18.1. The van der Waals surface area contributed by atoms with Gasteiger partial charge >= 0.3 is 0 Å². The summed E-state index contributed by atoms with van der Waals surface area (Å²) in [6.45, 7) is 4.69. The van der Waals surface area contributed by atoms with Gasteiger partial charge in [0, 0.05) is 68.1 Å². The van der Waals surface area contributed by atoms with E-state index in [9.17, 15) is 24.3 Å². The van der Waals surface area contributed by atoms with E-state index in [1.807, 2.05) is 102 Å². The number of aliphatic hydroxyl groups is 1. The van der Waals surface area contributed by atoms with Gasteiger partial charge in [0.25, 0.3) is 17.7 Å². The lowest BCUT2D eigenvalue weighted by molar-refractivity contribution is 0.0948. The van der Waals surface area contributed by atoms with Gasteiger partial charge in [-0.05, 0) is 79.8 Å². The fourth-order valence-corrected chi connectivity index (χ4v) is 9.28. The quantitative estimate of drug-likeness (QED) is 0.127. The maximum atomic E-state index is 12.3. The van der Waals surface area contributed by atoms with E-state index in [-0.39, 0.29) is 24.3 Å². The van der Waals surface area contributed by atoms with Gasteiger partial charge in [0.15, 0.2) is 0 Å². The Morgan fingerprint density at radius 1 is 0.529 bits per heavy atom. The van der Waals surface area contributed by atoms with Crippen LogP contribution in [0.2, 0.25) is 0 Å². The first-order valence-corrected chi connectivity index (χ1v) is 22.5. The number of imidazole rings is 3. The molecule has 6 aromatic carbocycles. The molecule has 0 unspecified atom stereocenters. The van der Waals surface area contributed by atoms with E-state index in [2.05, 4.69) is 73.3 Å². The number of amides is 3. The molecule has 0 radical (unpaired) electrons. The molecule has 3 aliphatic heterocycles. The van der Waals surface area contributed by atoms with Crippen molar-refractivity contribution in [3.05, 3.63) is 161 Å². The molecule has 340 valence electrons. The van der Waals surface area contributed by atoms with Crippen LogP contribution >= 0.6 is 0 Å². The monoisotopic (exact) mass is 904 g/mol. The average molecular weight is 905 g/mol. The second-order valence-corrected chi connectivity index (χ2v) is 17.1. The van der Waals surface area contributed by atoms with Crippen LogP contribution < -0.4 is 16.0 Å². The topological polar surface area (TPSA) is 181 Å². The van der Waals surface area contributed by atoms with Crippen molar-refractivity contribution >= 4 is 57.1 Å². The van der Waals surface area contributed by atoms with E-state index >= 15 is 0 Å². The number of aldehydes is 1. The van der Waals surface area contributed by atoms with Gasteiger partial charge in [0.1, 0.15) is 23.8 Å². The van der Waals surface area contributed by atoms with Crippen molar-refractivity contribution in [3.8, 4) is 34.2 Å². The average Bonchev–Trinajstić information content (AvgIpc) is 3.93. The molecule has 0 fully saturated rings. The lowest BCUT2D eigenvalue weighted by Gasteiger charge is -2.12. The van der Waals surface area contributed by atoms with E-state index in [0.717, 1.165) is 92.2 Å². The van der Waals surface area contributed by atoms with Crippen LogP contribution in [0.25, 0.3) is 67.3 Å². The van der Waals surface area contributed by atoms with Crippen LogP contribution in [0, 0.1) is 0 Å². The summed E-state index contributed by atoms with van der Waals surface area (Å²) in [5.41, 5.74) is 12.8. The molecule has 0 saturated heterocycles. The molecule has 0 aliphatic carbocycles. The molecule has 0 saturated carbocycles. The Hall–Kier alpha value is -8.27. The molecule has 6 heterocycles. The van der Waals surface area contributed by atoms with Gasteiger partial charge in [-0.1, -0.05) is 72.8 Å². The Balaban J connectivity index is 0.000000119. The SMILES string of the molecule is CN(C)Cc1cccc(-c2nc3cccc4c3n2CCNC4=O)c1.O=C1NCCn2c(-c3cccc(CO)c3)nc3cccc1c32.O=Cc1cccc(-c2nc3cccc4c3n2CCNC4=O)c1. The highest BCUT2D eigenvalue weighted by atomic mass is 16.3. The van der Waals surface area contributed by atoms with Crippen molar-refractivity contribution in [2.45, 2.75) is 32.8 Å². The molecule has 0 bridgehead atoms. The molecular weight excluding hydrogens is 857 g/mol. The van der Waals surface area contributed by atoms with E-state index in [4.69, 9.17) is 9.97 Å². The predicted molar refractivity (Wildman–Crippen MR) is 261 cm³/mol. The Morgan fingerprint density at radius 3 is 1.32 bits per heavy atom. The van der Waals surface area contributed by atoms with Gasteiger partial charge < -0.3 is 39.7 Å². The third kappa shape index (κ3) is 8.29. The Morgan fingerprint density at radius 2 is 0.912 bits per heavy atom. The van der Waals surface area contributed by atoms with Crippen LogP contribution in [0.3, 0.4) is 0 Å². The summed E-state index contributed by atoms with van der Waals surface area (Å²) in [6, 6.07) is 40.4. The molecule has 15 nitrogen and oxygen atoms in total. The first kappa shape index (κ1) is 43.6. The highest BCUT2D eigenvalue weighted by molar-refractivity contribution is 6.08. The molecule has 9 aromatic rings. The molecule has 3 aliphatic rings. The molecule has 3 aromatic heterocycles. The number of rotatable bonds is 7. The molecular formula is C53H48N10O5. The summed E-state index contributed by atoms with van der Waals surface area (Å²) < 4.78 is 6.29. The molecule has 12 rings (SSSR count). The van der Waals surface area contributed by atoms with Gasteiger partial charge in [-0.3, -0.25) is 19.2 Å². The highest BCUT2D eigenvalue weighted by Gasteiger charge is 2.25. The minimum absolute atomic E-state index is 0.000635. The van der Waals surface area contributed by atoms with Gasteiger partial charge in [0.2, 0.25) is 0 Å². The third-order valence-electron chi connectivity index (χ3n) is 12.2. The van der Waals surface area contributed by atoms with Crippen molar-refractivity contribution < 1.29 is 24.3 Å². The number of carbonyl (C=O) groups is 4. The predicted octanol–water partition coefficient (Wildman–Crippen LogP) is 6.71. The van der Waals surface area contributed by atoms with Crippen LogP contribution in [0.15, 0.2) is 127 Å². The second-order valence-electron chi connectivity index (χ2n) is 17.1. The number of nitrogens with zero attached hydrogens (tertiary/aromatic N) is 7. The second kappa shape index (κ2) is 18.5. The Bertz CT molecular complexity index is 3440. The van der Waals surface area contributed by atoms with Crippen molar-refractivity contribution in [2.24, 2.45) is 0 Å². The largest absolute Gasteiger partial charge is 0.392 e. The maximum Gasteiger partial charge on any atom is 0.253 e. The number of benzene rings is 6. The van der Waals surface area contributed by atoms with Crippen LogP contribution in [-0.2, 0) is 32.8 Å². The maximum absolute atomic E-state index is 12.3. The van der Waals surface area contributed by atoms with Gasteiger partial charge in [0.05, 0.1) is 56.4 Å². The van der Waals surface area contributed by atoms with E-state index in [1.54, 1.807) is 6.07 Å². The van der Waals surface area contributed by atoms with Crippen LogP contribution in [0.5, 0.6) is 0 Å². The molecule has 4 N–H and O–H groups in total. The van der Waals surface area contributed by atoms with Gasteiger partial charge in [-0.25, -0.2) is 15.0 Å². The van der Waals surface area contributed by atoms with E-state index in [1.165, 1.54) is 5.56 Å². The summed E-state index contributed by atoms with van der Waals surface area (Å²) in [5.74, 6) is 2.39. The Kier molecular flexibility index (Phi) is 11.9. The third-order valence-corrected chi connectivity index (χ3v) is 12.2. The molecule has 0 spiro atoms. The molecule has 68 heavy (non-hydrogen) atoms. The van der Waals surface area contributed by atoms with Crippen LogP contribution in [-0.4, -0.2) is 96.4 Å². The summed E-state index contributed by atoms with van der Waals surface area (Å²) >= 11 is 0.